The molecule has 23 heavy (non-hydrogen) atoms. The Kier molecular flexibility index (Phi) is 4.79. The van der Waals surface area contributed by atoms with Gasteiger partial charge < -0.3 is 19.7 Å². The highest BCUT2D eigenvalue weighted by molar-refractivity contribution is 5.48. The third-order valence-corrected chi connectivity index (χ3v) is 4.01. The average molecular weight is 316 g/mol. The molecule has 2 aromatic rings. The van der Waals surface area contributed by atoms with Crippen LogP contribution in [0.3, 0.4) is 0 Å². The second-order valence-corrected chi connectivity index (χ2v) is 5.81. The SMILES string of the molecule is CN(C)C(CNCc1cccc2c1OCO2)c1ccc(F)cc1. The second kappa shape index (κ2) is 6.98. The highest BCUT2D eigenvalue weighted by Crippen LogP contribution is 2.35. The fourth-order valence-corrected chi connectivity index (χ4v) is 2.76. The van der Waals surface area contributed by atoms with Gasteiger partial charge in [-0.3, -0.25) is 0 Å². The van der Waals surface area contributed by atoms with Gasteiger partial charge in [-0.05, 0) is 37.9 Å². The van der Waals surface area contributed by atoms with Gasteiger partial charge in [0, 0.05) is 24.7 Å². The average Bonchev–Trinajstić information content (AvgIpc) is 3.02. The molecular formula is C18H21FN2O2. The summed E-state index contributed by atoms with van der Waals surface area (Å²) in [7, 11) is 4.04. The largest absolute Gasteiger partial charge is 0.454 e. The van der Waals surface area contributed by atoms with Crippen molar-refractivity contribution in [3.63, 3.8) is 0 Å². The fourth-order valence-electron chi connectivity index (χ4n) is 2.76. The van der Waals surface area contributed by atoms with Gasteiger partial charge in [-0.25, -0.2) is 4.39 Å². The minimum absolute atomic E-state index is 0.171. The van der Waals surface area contributed by atoms with Crippen LogP contribution in [0.4, 0.5) is 4.39 Å². The van der Waals surface area contributed by atoms with Crippen molar-refractivity contribution in [1.29, 1.82) is 0 Å². The van der Waals surface area contributed by atoms with Crippen LogP contribution in [0.25, 0.3) is 0 Å². The minimum Gasteiger partial charge on any atom is -0.454 e. The van der Waals surface area contributed by atoms with E-state index in [2.05, 4.69) is 10.2 Å². The lowest BCUT2D eigenvalue weighted by atomic mass is 10.1. The number of ether oxygens (including phenoxy) is 2. The van der Waals surface area contributed by atoms with E-state index in [1.165, 1.54) is 12.1 Å². The molecule has 1 N–H and O–H groups in total. The molecule has 1 atom stereocenters. The van der Waals surface area contributed by atoms with Gasteiger partial charge in [0.25, 0.3) is 0 Å². The minimum atomic E-state index is -0.212. The van der Waals surface area contributed by atoms with Crippen molar-refractivity contribution in [1.82, 2.24) is 10.2 Å². The predicted octanol–water partition coefficient (Wildman–Crippen LogP) is 2.95. The van der Waals surface area contributed by atoms with E-state index < -0.39 is 0 Å². The zero-order valence-corrected chi connectivity index (χ0v) is 13.4. The van der Waals surface area contributed by atoms with Crippen LogP contribution in [0.1, 0.15) is 17.2 Å². The van der Waals surface area contributed by atoms with Crippen molar-refractivity contribution in [2.45, 2.75) is 12.6 Å². The summed E-state index contributed by atoms with van der Waals surface area (Å²) in [5.41, 5.74) is 2.17. The molecule has 0 spiro atoms. The van der Waals surface area contributed by atoms with Gasteiger partial charge in [-0.1, -0.05) is 24.3 Å². The van der Waals surface area contributed by atoms with Crippen LogP contribution in [-0.4, -0.2) is 32.3 Å². The molecule has 0 radical (unpaired) electrons. The van der Waals surface area contributed by atoms with E-state index in [1.807, 2.05) is 44.4 Å². The quantitative estimate of drug-likeness (QED) is 0.888. The van der Waals surface area contributed by atoms with Gasteiger partial charge in [-0.15, -0.1) is 0 Å². The van der Waals surface area contributed by atoms with E-state index in [1.54, 1.807) is 0 Å². The Labute approximate surface area is 135 Å². The van der Waals surface area contributed by atoms with E-state index in [0.29, 0.717) is 6.54 Å². The monoisotopic (exact) mass is 316 g/mol. The summed E-state index contributed by atoms with van der Waals surface area (Å²) in [5.74, 6) is 1.41. The molecule has 3 rings (SSSR count). The summed E-state index contributed by atoms with van der Waals surface area (Å²) in [6, 6.07) is 12.7. The van der Waals surface area contributed by atoms with Gasteiger partial charge in [0.05, 0.1) is 0 Å². The summed E-state index contributed by atoms with van der Waals surface area (Å²) in [6.45, 7) is 1.73. The maximum Gasteiger partial charge on any atom is 0.231 e. The molecule has 0 aromatic heterocycles. The Morgan fingerprint density at radius 3 is 2.65 bits per heavy atom. The number of benzene rings is 2. The van der Waals surface area contributed by atoms with Crippen LogP contribution >= 0.6 is 0 Å². The molecular weight excluding hydrogens is 295 g/mol. The van der Waals surface area contributed by atoms with Gasteiger partial charge in [0.1, 0.15) is 5.82 Å². The number of hydrogen-bond acceptors (Lipinski definition) is 4. The number of halogens is 1. The lowest BCUT2D eigenvalue weighted by Crippen LogP contribution is -2.30. The van der Waals surface area contributed by atoms with Gasteiger partial charge in [-0.2, -0.15) is 0 Å². The molecule has 0 bridgehead atoms. The number of rotatable bonds is 6. The molecule has 0 saturated heterocycles. The first kappa shape index (κ1) is 15.8. The van der Waals surface area contributed by atoms with Crippen LogP contribution in [-0.2, 0) is 6.54 Å². The molecule has 122 valence electrons. The van der Waals surface area contributed by atoms with Gasteiger partial charge in [0.2, 0.25) is 6.79 Å². The van der Waals surface area contributed by atoms with Crippen LogP contribution in [0.15, 0.2) is 42.5 Å². The number of nitrogens with one attached hydrogen (secondary N) is 1. The first-order valence-electron chi connectivity index (χ1n) is 7.65. The lowest BCUT2D eigenvalue weighted by Gasteiger charge is -2.25. The van der Waals surface area contributed by atoms with Crippen molar-refractivity contribution < 1.29 is 13.9 Å². The maximum atomic E-state index is 13.1. The summed E-state index contributed by atoms with van der Waals surface area (Å²) in [4.78, 5) is 2.12. The van der Waals surface area contributed by atoms with Crippen molar-refractivity contribution in [2.24, 2.45) is 0 Å². The highest BCUT2D eigenvalue weighted by Gasteiger charge is 2.18. The number of fused-ring (bicyclic) bond motifs is 1. The number of likely N-dealkylation sites (N-methyl/N-ethyl adjacent to an activating group) is 1. The predicted molar refractivity (Wildman–Crippen MR) is 87.1 cm³/mol. The lowest BCUT2D eigenvalue weighted by molar-refractivity contribution is 0.173. The number of para-hydroxylation sites is 1. The Bertz CT molecular complexity index is 659. The molecule has 4 nitrogen and oxygen atoms in total. The summed E-state index contributed by atoms with van der Waals surface area (Å²) >= 11 is 0. The van der Waals surface area contributed by atoms with E-state index in [-0.39, 0.29) is 18.7 Å². The van der Waals surface area contributed by atoms with Crippen molar-refractivity contribution in [3.05, 3.63) is 59.4 Å². The molecule has 0 amide bonds. The smallest absolute Gasteiger partial charge is 0.231 e. The number of nitrogens with zero attached hydrogens (tertiary/aromatic N) is 1. The van der Waals surface area contributed by atoms with E-state index in [4.69, 9.17) is 9.47 Å². The third-order valence-electron chi connectivity index (χ3n) is 4.01. The second-order valence-electron chi connectivity index (χ2n) is 5.81. The molecule has 0 saturated carbocycles. The molecule has 1 aliphatic rings. The van der Waals surface area contributed by atoms with Crippen molar-refractivity contribution in [2.75, 3.05) is 27.4 Å². The van der Waals surface area contributed by atoms with E-state index in [9.17, 15) is 4.39 Å². The standard InChI is InChI=1S/C18H21FN2O2/c1-21(2)16(13-6-8-15(19)9-7-13)11-20-10-14-4-3-5-17-18(14)23-12-22-17/h3-9,16,20H,10-12H2,1-2H3. The Hall–Kier alpha value is -2.11. The zero-order chi connectivity index (χ0) is 16.2. The normalized spacial score (nSPS) is 14.3. The molecule has 1 aliphatic heterocycles. The topological polar surface area (TPSA) is 33.7 Å². The first-order valence-corrected chi connectivity index (χ1v) is 7.65. The fraction of sp³-hybridized carbons (Fsp3) is 0.333. The van der Waals surface area contributed by atoms with Crippen molar-refractivity contribution in [3.8, 4) is 11.5 Å². The van der Waals surface area contributed by atoms with Crippen LogP contribution in [0.5, 0.6) is 11.5 Å². The Morgan fingerprint density at radius 1 is 1.13 bits per heavy atom. The molecule has 1 heterocycles. The van der Waals surface area contributed by atoms with E-state index in [0.717, 1.165) is 29.2 Å². The molecule has 1 unspecified atom stereocenters. The highest BCUT2D eigenvalue weighted by atomic mass is 19.1. The van der Waals surface area contributed by atoms with Crippen LogP contribution in [0, 0.1) is 5.82 Å². The van der Waals surface area contributed by atoms with E-state index >= 15 is 0 Å². The molecule has 5 heteroatoms. The van der Waals surface area contributed by atoms with Gasteiger partial charge in [0.15, 0.2) is 11.5 Å². The maximum absolute atomic E-state index is 13.1. The van der Waals surface area contributed by atoms with Crippen LogP contribution in [0.2, 0.25) is 0 Å². The zero-order valence-electron chi connectivity index (χ0n) is 13.4. The molecule has 2 aromatic carbocycles. The Balaban J connectivity index is 1.64. The Morgan fingerprint density at radius 2 is 1.91 bits per heavy atom. The molecule has 0 aliphatic carbocycles. The summed E-state index contributed by atoms with van der Waals surface area (Å²) in [5, 5.41) is 3.45. The van der Waals surface area contributed by atoms with Crippen molar-refractivity contribution >= 4 is 0 Å². The third kappa shape index (κ3) is 3.63. The van der Waals surface area contributed by atoms with Crippen LogP contribution < -0.4 is 14.8 Å². The first-order chi connectivity index (χ1) is 11.1. The summed E-state index contributed by atoms with van der Waals surface area (Å²) < 4.78 is 24.0. The summed E-state index contributed by atoms with van der Waals surface area (Å²) in [6.07, 6.45) is 0. The number of hydrogen-bond donors (Lipinski definition) is 1. The van der Waals surface area contributed by atoms with Gasteiger partial charge >= 0.3 is 0 Å². The molecule has 0 fully saturated rings.